The summed E-state index contributed by atoms with van der Waals surface area (Å²) in [7, 11) is -3.92. The standard InChI is InChI=1S/C38H41Cl2N3O5S/c1-49(46,47)43(32-18-20-33(21-19-32)48-27-29-13-7-3-8-14-29)26-37(44)42(25-30-17-22-34(39)35(40)23-30)36(24-28-11-5-2-6-12-28)38(45)41-31-15-9-4-10-16-31/h2-3,5-8,11-14,17-23,31,36H,4,9-10,15-16,24-27H2,1H3,(H,41,45)/t36-/m0/s1. The molecule has 1 N–H and O–H groups in total. The Morgan fingerprint density at radius 3 is 2.06 bits per heavy atom. The predicted octanol–water partition coefficient (Wildman–Crippen LogP) is 7.43. The van der Waals surface area contributed by atoms with Crippen LogP contribution >= 0.6 is 23.2 Å². The molecule has 49 heavy (non-hydrogen) atoms. The molecule has 1 saturated carbocycles. The number of anilines is 1. The van der Waals surface area contributed by atoms with E-state index in [0.717, 1.165) is 53.8 Å². The molecule has 2 amide bonds. The largest absolute Gasteiger partial charge is 0.489 e. The molecule has 5 rings (SSSR count). The average molecular weight is 723 g/mol. The topological polar surface area (TPSA) is 96.0 Å². The summed E-state index contributed by atoms with van der Waals surface area (Å²) < 4.78 is 33.3. The summed E-state index contributed by atoms with van der Waals surface area (Å²) >= 11 is 12.6. The molecule has 0 spiro atoms. The Morgan fingerprint density at radius 1 is 0.816 bits per heavy atom. The zero-order valence-electron chi connectivity index (χ0n) is 27.4. The number of ether oxygens (including phenoxy) is 1. The van der Waals surface area contributed by atoms with Gasteiger partial charge in [0.2, 0.25) is 21.8 Å². The number of carbonyl (C=O) groups is 2. The molecule has 0 bridgehead atoms. The monoisotopic (exact) mass is 721 g/mol. The average Bonchev–Trinajstić information content (AvgIpc) is 3.10. The molecule has 0 radical (unpaired) electrons. The first kappa shape index (κ1) is 36.2. The third-order valence-corrected chi connectivity index (χ3v) is 10.5. The molecule has 8 nitrogen and oxygen atoms in total. The van der Waals surface area contributed by atoms with Crippen molar-refractivity contribution in [3.8, 4) is 5.75 Å². The molecule has 0 aromatic heterocycles. The molecule has 1 aliphatic rings. The van der Waals surface area contributed by atoms with E-state index in [4.69, 9.17) is 27.9 Å². The highest BCUT2D eigenvalue weighted by molar-refractivity contribution is 7.92. The summed E-state index contributed by atoms with van der Waals surface area (Å²) in [6, 6.07) is 29.8. The molecule has 0 unspecified atom stereocenters. The van der Waals surface area contributed by atoms with Gasteiger partial charge in [-0.05, 0) is 65.9 Å². The van der Waals surface area contributed by atoms with Gasteiger partial charge in [0, 0.05) is 19.0 Å². The van der Waals surface area contributed by atoms with E-state index < -0.39 is 28.5 Å². The van der Waals surface area contributed by atoms with E-state index in [1.54, 1.807) is 42.5 Å². The van der Waals surface area contributed by atoms with E-state index in [0.29, 0.717) is 33.7 Å². The van der Waals surface area contributed by atoms with Gasteiger partial charge in [-0.25, -0.2) is 8.42 Å². The van der Waals surface area contributed by atoms with Crippen LogP contribution in [0, 0.1) is 0 Å². The van der Waals surface area contributed by atoms with E-state index in [1.807, 2.05) is 60.7 Å². The number of rotatable bonds is 14. The number of nitrogens with one attached hydrogen (secondary N) is 1. The zero-order valence-corrected chi connectivity index (χ0v) is 29.8. The van der Waals surface area contributed by atoms with E-state index in [9.17, 15) is 18.0 Å². The highest BCUT2D eigenvalue weighted by Crippen LogP contribution is 2.27. The van der Waals surface area contributed by atoms with Crippen LogP contribution in [0.25, 0.3) is 0 Å². The maximum absolute atomic E-state index is 14.4. The van der Waals surface area contributed by atoms with Crippen LogP contribution < -0.4 is 14.4 Å². The lowest BCUT2D eigenvalue weighted by atomic mass is 9.94. The Bertz CT molecular complexity index is 1800. The van der Waals surface area contributed by atoms with Crippen LogP contribution in [0.3, 0.4) is 0 Å². The number of hydrogen-bond acceptors (Lipinski definition) is 5. The minimum absolute atomic E-state index is 0.00910. The summed E-state index contributed by atoms with van der Waals surface area (Å²) in [6.45, 7) is -0.161. The Morgan fingerprint density at radius 2 is 1.45 bits per heavy atom. The van der Waals surface area contributed by atoms with Crippen molar-refractivity contribution in [2.45, 2.75) is 63.8 Å². The minimum atomic E-state index is -3.92. The van der Waals surface area contributed by atoms with Crippen LogP contribution in [0.15, 0.2) is 103 Å². The predicted molar refractivity (Wildman–Crippen MR) is 195 cm³/mol. The fourth-order valence-corrected chi connectivity index (χ4v) is 7.17. The summed E-state index contributed by atoms with van der Waals surface area (Å²) in [6.07, 6.45) is 6.22. The molecule has 258 valence electrons. The van der Waals surface area contributed by atoms with E-state index in [1.165, 1.54) is 4.90 Å². The first-order valence-corrected chi connectivity index (χ1v) is 19.0. The van der Waals surface area contributed by atoms with Crippen LogP contribution in [0.2, 0.25) is 10.0 Å². The molecule has 0 heterocycles. The number of amides is 2. The van der Waals surface area contributed by atoms with Crippen molar-refractivity contribution in [2.75, 3.05) is 17.1 Å². The number of benzene rings is 4. The highest BCUT2D eigenvalue weighted by Gasteiger charge is 2.34. The summed E-state index contributed by atoms with van der Waals surface area (Å²) in [4.78, 5) is 30.0. The van der Waals surface area contributed by atoms with Crippen molar-refractivity contribution in [2.24, 2.45) is 0 Å². The van der Waals surface area contributed by atoms with Crippen molar-refractivity contribution in [3.05, 3.63) is 130 Å². The van der Waals surface area contributed by atoms with Crippen LogP contribution in [-0.2, 0) is 39.2 Å². The molecule has 4 aromatic rings. The third kappa shape index (κ3) is 10.5. The quantitative estimate of drug-likeness (QED) is 0.146. The van der Waals surface area contributed by atoms with Gasteiger partial charge >= 0.3 is 0 Å². The molecule has 11 heteroatoms. The van der Waals surface area contributed by atoms with E-state index in [2.05, 4.69) is 5.32 Å². The molecule has 4 aromatic carbocycles. The van der Waals surface area contributed by atoms with Crippen molar-refractivity contribution in [1.29, 1.82) is 0 Å². The minimum Gasteiger partial charge on any atom is -0.489 e. The molecular weight excluding hydrogens is 681 g/mol. The van der Waals surface area contributed by atoms with Gasteiger partial charge in [0.15, 0.2) is 0 Å². The zero-order chi connectivity index (χ0) is 34.8. The molecule has 0 saturated heterocycles. The molecule has 1 aliphatic carbocycles. The van der Waals surface area contributed by atoms with Gasteiger partial charge in [0.25, 0.3) is 0 Å². The van der Waals surface area contributed by atoms with Gasteiger partial charge in [0.1, 0.15) is 24.9 Å². The van der Waals surface area contributed by atoms with Crippen LogP contribution in [0.1, 0.15) is 48.8 Å². The number of halogens is 2. The van der Waals surface area contributed by atoms with E-state index in [-0.39, 0.29) is 24.9 Å². The van der Waals surface area contributed by atoms with Crippen molar-refractivity contribution in [1.82, 2.24) is 10.2 Å². The summed E-state index contributed by atoms with van der Waals surface area (Å²) in [5.41, 5.74) is 2.81. The second-order valence-corrected chi connectivity index (χ2v) is 15.1. The second kappa shape index (κ2) is 17.1. The lowest BCUT2D eigenvalue weighted by Gasteiger charge is -2.35. The van der Waals surface area contributed by atoms with Gasteiger partial charge < -0.3 is 15.0 Å². The van der Waals surface area contributed by atoms with Gasteiger partial charge in [-0.2, -0.15) is 0 Å². The van der Waals surface area contributed by atoms with Gasteiger partial charge in [-0.15, -0.1) is 0 Å². The van der Waals surface area contributed by atoms with Crippen molar-refractivity contribution >= 4 is 50.7 Å². The lowest BCUT2D eigenvalue weighted by Crippen LogP contribution is -2.55. The molecular formula is C38H41Cl2N3O5S. The van der Waals surface area contributed by atoms with Crippen molar-refractivity contribution < 1.29 is 22.7 Å². The fraction of sp³-hybridized carbons (Fsp3) is 0.316. The SMILES string of the molecule is CS(=O)(=O)N(CC(=O)N(Cc1ccc(Cl)c(Cl)c1)[C@@H](Cc1ccccc1)C(=O)NC1CCCCC1)c1ccc(OCc2ccccc2)cc1. The molecule has 1 fully saturated rings. The van der Waals surface area contributed by atoms with Gasteiger partial charge in [-0.1, -0.05) is 109 Å². The number of hydrogen-bond donors (Lipinski definition) is 1. The second-order valence-electron chi connectivity index (χ2n) is 12.4. The first-order valence-electron chi connectivity index (χ1n) is 16.4. The number of carbonyl (C=O) groups excluding carboxylic acids is 2. The number of sulfonamides is 1. The van der Waals surface area contributed by atoms with E-state index >= 15 is 0 Å². The number of nitrogens with zero attached hydrogens (tertiary/aromatic N) is 2. The van der Waals surface area contributed by atoms with Gasteiger partial charge in [0.05, 0.1) is 22.0 Å². The Kier molecular flexibility index (Phi) is 12.6. The smallest absolute Gasteiger partial charge is 0.244 e. The van der Waals surface area contributed by atoms with Crippen LogP contribution in [0.5, 0.6) is 5.75 Å². The summed E-state index contributed by atoms with van der Waals surface area (Å²) in [5, 5.41) is 3.87. The Balaban J connectivity index is 1.44. The third-order valence-electron chi connectivity index (χ3n) is 8.61. The maximum Gasteiger partial charge on any atom is 0.244 e. The summed E-state index contributed by atoms with van der Waals surface area (Å²) in [5.74, 6) is -0.272. The molecule has 1 atom stereocenters. The van der Waals surface area contributed by atoms with Gasteiger partial charge in [-0.3, -0.25) is 13.9 Å². The fourth-order valence-electron chi connectivity index (χ4n) is 6.00. The maximum atomic E-state index is 14.4. The first-order chi connectivity index (χ1) is 23.6. The normalized spacial score (nSPS) is 14.1. The lowest BCUT2D eigenvalue weighted by molar-refractivity contribution is -0.140. The Hall–Kier alpha value is -4.05. The molecule has 0 aliphatic heterocycles. The van der Waals surface area contributed by atoms with Crippen molar-refractivity contribution in [3.63, 3.8) is 0 Å². The highest BCUT2D eigenvalue weighted by atomic mass is 35.5. The Labute approximate surface area is 299 Å². The van der Waals surface area contributed by atoms with Crippen LogP contribution in [0.4, 0.5) is 5.69 Å². The van der Waals surface area contributed by atoms with Crippen LogP contribution in [-0.4, -0.2) is 50.0 Å².